The molecule has 2 aliphatic heterocycles. The fourth-order valence-electron chi connectivity index (χ4n) is 3.11. The molecule has 3 nitrogen and oxygen atoms in total. The molecule has 2 heterocycles. The third-order valence-corrected chi connectivity index (χ3v) is 4.06. The quantitative estimate of drug-likeness (QED) is 0.910. The molecule has 2 aliphatic rings. The van der Waals surface area contributed by atoms with Gasteiger partial charge in [-0.1, -0.05) is 0 Å². The second-order valence-corrected chi connectivity index (χ2v) is 5.64. The van der Waals surface area contributed by atoms with Gasteiger partial charge in [-0.3, -0.25) is 0 Å². The first-order chi connectivity index (χ1) is 9.13. The number of halogens is 1. The van der Waals surface area contributed by atoms with Crippen molar-refractivity contribution >= 4 is 0 Å². The Morgan fingerprint density at radius 2 is 1.84 bits per heavy atom. The number of aliphatic hydroxyl groups is 1. The molecule has 0 radical (unpaired) electrons. The third-order valence-electron chi connectivity index (χ3n) is 4.06. The van der Waals surface area contributed by atoms with Crippen LogP contribution in [0.2, 0.25) is 0 Å². The Morgan fingerprint density at radius 3 is 2.47 bits per heavy atom. The van der Waals surface area contributed by atoms with Crippen LogP contribution in [0.25, 0.3) is 0 Å². The highest BCUT2D eigenvalue weighted by Gasteiger charge is 2.43. The van der Waals surface area contributed by atoms with E-state index in [0.717, 1.165) is 12.8 Å². The summed E-state index contributed by atoms with van der Waals surface area (Å²) in [6.45, 7) is 0.446. The van der Waals surface area contributed by atoms with E-state index in [4.69, 9.17) is 9.47 Å². The van der Waals surface area contributed by atoms with Crippen molar-refractivity contribution in [3.05, 3.63) is 30.1 Å². The molecule has 4 heteroatoms. The summed E-state index contributed by atoms with van der Waals surface area (Å²) in [4.78, 5) is 0. The van der Waals surface area contributed by atoms with Crippen LogP contribution in [0, 0.1) is 5.82 Å². The molecule has 2 bridgehead atoms. The highest BCUT2D eigenvalue weighted by Crippen LogP contribution is 2.39. The average Bonchev–Trinajstić information content (AvgIpc) is 2.72. The molecule has 2 saturated heterocycles. The van der Waals surface area contributed by atoms with E-state index in [1.807, 2.05) is 0 Å². The van der Waals surface area contributed by atoms with Gasteiger partial charge in [0.2, 0.25) is 0 Å². The fraction of sp³-hybridized carbons (Fsp3) is 0.600. The summed E-state index contributed by atoms with van der Waals surface area (Å²) in [5, 5.41) is 10.6. The first-order valence-electron chi connectivity index (χ1n) is 6.89. The predicted molar refractivity (Wildman–Crippen MR) is 68.6 cm³/mol. The van der Waals surface area contributed by atoms with E-state index in [9.17, 15) is 9.50 Å². The van der Waals surface area contributed by atoms with Crippen molar-refractivity contribution in [3.8, 4) is 5.75 Å². The van der Waals surface area contributed by atoms with Gasteiger partial charge in [-0.05, 0) is 37.1 Å². The molecule has 3 rings (SSSR count). The van der Waals surface area contributed by atoms with Gasteiger partial charge in [0, 0.05) is 19.3 Å². The molecular weight excluding hydrogens is 247 g/mol. The molecule has 0 aliphatic carbocycles. The zero-order valence-corrected chi connectivity index (χ0v) is 10.8. The lowest BCUT2D eigenvalue weighted by Crippen LogP contribution is -2.42. The van der Waals surface area contributed by atoms with E-state index in [0.29, 0.717) is 31.6 Å². The van der Waals surface area contributed by atoms with Crippen LogP contribution in [-0.4, -0.2) is 29.5 Å². The zero-order valence-electron chi connectivity index (χ0n) is 10.8. The van der Waals surface area contributed by atoms with Crippen LogP contribution in [-0.2, 0) is 4.74 Å². The summed E-state index contributed by atoms with van der Waals surface area (Å²) >= 11 is 0. The number of rotatable bonds is 4. The van der Waals surface area contributed by atoms with Crippen LogP contribution in [0.1, 0.15) is 32.1 Å². The second kappa shape index (κ2) is 5.10. The molecule has 0 saturated carbocycles. The fourth-order valence-corrected chi connectivity index (χ4v) is 3.11. The Labute approximate surface area is 112 Å². The summed E-state index contributed by atoms with van der Waals surface area (Å²) in [5.41, 5.74) is -0.663. The number of hydrogen-bond donors (Lipinski definition) is 1. The molecule has 1 aromatic rings. The SMILES string of the molecule is OC1(CCOc2ccc(F)cc2)CC2CCC(C1)O2. The maximum Gasteiger partial charge on any atom is 0.123 e. The van der Waals surface area contributed by atoms with Crippen LogP contribution in [0.4, 0.5) is 4.39 Å². The smallest absolute Gasteiger partial charge is 0.123 e. The third kappa shape index (κ3) is 3.07. The predicted octanol–water partition coefficient (Wildman–Crippen LogP) is 2.67. The van der Waals surface area contributed by atoms with Gasteiger partial charge < -0.3 is 14.6 Å². The van der Waals surface area contributed by atoms with Gasteiger partial charge in [0.1, 0.15) is 11.6 Å². The molecular formula is C15H19FO3. The molecule has 2 atom stereocenters. The van der Waals surface area contributed by atoms with Crippen molar-refractivity contribution < 1.29 is 19.0 Å². The lowest BCUT2D eigenvalue weighted by molar-refractivity contribution is -0.117. The topological polar surface area (TPSA) is 38.7 Å². The van der Waals surface area contributed by atoms with E-state index < -0.39 is 5.60 Å². The molecule has 1 aromatic carbocycles. The van der Waals surface area contributed by atoms with Gasteiger partial charge in [0.05, 0.1) is 24.4 Å². The van der Waals surface area contributed by atoms with Crippen LogP contribution < -0.4 is 4.74 Å². The lowest BCUT2D eigenvalue weighted by atomic mass is 9.87. The molecule has 2 fully saturated rings. The van der Waals surface area contributed by atoms with Gasteiger partial charge in [0.25, 0.3) is 0 Å². The number of benzene rings is 1. The Bertz CT molecular complexity index is 420. The molecule has 0 spiro atoms. The van der Waals surface area contributed by atoms with Crippen molar-refractivity contribution in [2.75, 3.05) is 6.61 Å². The maximum atomic E-state index is 12.7. The van der Waals surface area contributed by atoms with Crippen molar-refractivity contribution in [3.63, 3.8) is 0 Å². The molecule has 1 N–H and O–H groups in total. The van der Waals surface area contributed by atoms with E-state index in [1.165, 1.54) is 12.1 Å². The first kappa shape index (κ1) is 12.9. The Balaban J connectivity index is 1.50. The standard InChI is InChI=1S/C15H19FO3/c16-11-1-3-12(4-2-11)18-8-7-15(17)9-13-5-6-14(10-15)19-13/h1-4,13-14,17H,5-10H2. The van der Waals surface area contributed by atoms with E-state index >= 15 is 0 Å². The molecule has 104 valence electrons. The molecule has 0 aromatic heterocycles. The Morgan fingerprint density at radius 1 is 1.21 bits per heavy atom. The summed E-state index contributed by atoms with van der Waals surface area (Å²) in [6, 6.07) is 5.96. The van der Waals surface area contributed by atoms with Crippen LogP contribution >= 0.6 is 0 Å². The highest BCUT2D eigenvalue weighted by molar-refractivity contribution is 5.22. The Hall–Kier alpha value is -1.13. The van der Waals surface area contributed by atoms with Crippen LogP contribution in [0.15, 0.2) is 24.3 Å². The largest absolute Gasteiger partial charge is 0.493 e. The van der Waals surface area contributed by atoms with Crippen molar-refractivity contribution in [2.45, 2.75) is 49.9 Å². The second-order valence-electron chi connectivity index (χ2n) is 5.64. The molecule has 19 heavy (non-hydrogen) atoms. The number of ether oxygens (including phenoxy) is 2. The van der Waals surface area contributed by atoms with Crippen molar-refractivity contribution in [2.24, 2.45) is 0 Å². The minimum atomic E-state index is -0.663. The zero-order chi connectivity index (χ0) is 13.3. The molecule has 0 amide bonds. The van der Waals surface area contributed by atoms with E-state index in [2.05, 4.69) is 0 Å². The van der Waals surface area contributed by atoms with E-state index in [1.54, 1.807) is 12.1 Å². The normalized spacial score (nSPS) is 33.4. The van der Waals surface area contributed by atoms with Crippen LogP contribution in [0.3, 0.4) is 0 Å². The minimum absolute atomic E-state index is 0.217. The minimum Gasteiger partial charge on any atom is -0.493 e. The average molecular weight is 266 g/mol. The van der Waals surface area contributed by atoms with Crippen molar-refractivity contribution in [1.29, 1.82) is 0 Å². The first-order valence-corrected chi connectivity index (χ1v) is 6.89. The highest BCUT2D eigenvalue weighted by atomic mass is 19.1. The van der Waals surface area contributed by atoms with Gasteiger partial charge in [-0.2, -0.15) is 0 Å². The van der Waals surface area contributed by atoms with Crippen LogP contribution in [0.5, 0.6) is 5.75 Å². The summed E-state index contributed by atoms with van der Waals surface area (Å²) < 4.78 is 24.0. The summed E-state index contributed by atoms with van der Waals surface area (Å²) in [6.07, 6.45) is 4.56. The molecule has 2 unspecified atom stereocenters. The van der Waals surface area contributed by atoms with Gasteiger partial charge in [-0.15, -0.1) is 0 Å². The monoisotopic (exact) mass is 266 g/mol. The number of fused-ring (bicyclic) bond motifs is 2. The lowest BCUT2D eigenvalue weighted by Gasteiger charge is -2.36. The summed E-state index contributed by atoms with van der Waals surface area (Å²) in [7, 11) is 0. The summed E-state index contributed by atoms with van der Waals surface area (Å²) in [5.74, 6) is 0.368. The van der Waals surface area contributed by atoms with Gasteiger partial charge in [0.15, 0.2) is 0 Å². The van der Waals surface area contributed by atoms with Gasteiger partial charge >= 0.3 is 0 Å². The van der Waals surface area contributed by atoms with Gasteiger partial charge in [-0.25, -0.2) is 4.39 Å². The van der Waals surface area contributed by atoms with E-state index in [-0.39, 0.29) is 18.0 Å². The van der Waals surface area contributed by atoms with Crippen molar-refractivity contribution in [1.82, 2.24) is 0 Å². The maximum absolute atomic E-state index is 12.7. The Kier molecular flexibility index (Phi) is 3.46. The number of hydrogen-bond acceptors (Lipinski definition) is 3.